The average Bonchev–Trinajstić information content (AvgIpc) is 2.73. The molecule has 0 radical (unpaired) electrons. The maximum absolute atomic E-state index is 13.2. The van der Waals surface area contributed by atoms with Crippen molar-refractivity contribution in [3.8, 4) is 17.1 Å². The van der Waals surface area contributed by atoms with Gasteiger partial charge in [-0.2, -0.15) is 0 Å². The largest absolute Gasteiger partial charge is 0.452 e. The molecule has 3 aromatic carbocycles. The minimum absolute atomic E-state index is 0.0995. The third-order valence-corrected chi connectivity index (χ3v) is 4.98. The Morgan fingerprint density at radius 1 is 0.862 bits per heavy atom. The zero-order chi connectivity index (χ0) is 20.5. The highest BCUT2D eigenvalue weighted by Gasteiger charge is 2.21. The fourth-order valence-electron chi connectivity index (χ4n) is 3.18. The highest BCUT2D eigenvalue weighted by atomic mass is 16.5. The zero-order valence-electron chi connectivity index (χ0n) is 16.5. The van der Waals surface area contributed by atoms with Gasteiger partial charge in [-0.05, 0) is 56.2 Å². The van der Waals surface area contributed by atoms with Gasteiger partial charge < -0.3 is 9.15 Å². The molecule has 0 unspecified atom stereocenters. The molecule has 0 saturated carbocycles. The van der Waals surface area contributed by atoms with Gasteiger partial charge in [0.1, 0.15) is 5.58 Å². The molecule has 0 saturated heterocycles. The van der Waals surface area contributed by atoms with Crippen LogP contribution in [0, 0.1) is 20.8 Å². The van der Waals surface area contributed by atoms with Crippen molar-refractivity contribution < 1.29 is 13.9 Å². The lowest BCUT2D eigenvalue weighted by atomic mass is 10.1. The molecule has 0 bridgehead atoms. The predicted octanol–water partition coefficient (Wildman–Crippen LogP) is 5.60. The van der Waals surface area contributed by atoms with Gasteiger partial charge in [-0.15, -0.1) is 0 Å². The summed E-state index contributed by atoms with van der Waals surface area (Å²) in [6, 6.07) is 19.8. The van der Waals surface area contributed by atoms with Crippen LogP contribution in [-0.2, 0) is 0 Å². The molecule has 4 rings (SSSR count). The average molecular weight is 384 g/mol. The number of esters is 1. The first-order valence-electron chi connectivity index (χ1n) is 9.36. The standard InChI is InChI=1S/C25H20O4/c1-15-9-12-21-20(13-15)22(26)24(23(28-21)18-7-5-4-6-8-18)29-25(27)19-11-10-16(2)17(3)14-19/h4-14H,1-3H3. The molecular weight excluding hydrogens is 364 g/mol. The topological polar surface area (TPSA) is 56.5 Å². The fraction of sp³-hybridized carbons (Fsp3) is 0.120. The Morgan fingerprint density at radius 2 is 1.62 bits per heavy atom. The molecule has 1 heterocycles. The molecular formula is C25H20O4. The molecule has 4 aromatic rings. The Bertz CT molecular complexity index is 1280. The van der Waals surface area contributed by atoms with Gasteiger partial charge in [0.25, 0.3) is 0 Å². The number of hydrogen-bond donors (Lipinski definition) is 0. The van der Waals surface area contributed by atoms with E-state index in [0.717, 1.165) is 16.7 Å². The maximum atomic E-state index is 13.2. The van der Waals surface area contributed by atoms with Gasteiger partial charge in [-0.25, -0.2) is 4.79 Å². The van der Waals surface area contributed by atoms with Crippen molar-refractivity contribution in [2.45, 2.75) is 20.8 Å². The highest BCUT2D eigenvalue weighted by Crippen LogP contribution is 2.31. The van der Waals surface area contributed by atoms with E-state index in [4.69, 9.17) is 9.15 Å². The van der Waals surface area contributed by atoms with Crippen molar-refractivity contribution in [2.75, 3.05) is 0 Å². The van der Waals surface area contributed by atoms with Crippen molar-refractivity contribution in [1.82, 2.24) is 0 Å². The molecule has 0 amide bonds. The van der Waals surface area contributed by atoms with E-state index in [0.29, 0.717) is 22.1 Å². The summed E-state index contributed by atoms with van der Waals surface area (Å²) in [5.41, 5.74) is 4.10. The van der Waals surface area contributed by atoms with Crippen LogP contribution < -0.4 is 10.2 Å². The van der Waals surface area contributed by atoms with Crippen LogP contribution in [0.15, 0.2) is 75.9 Å². The third kappa shape index (κ3) is 3.57. The first-order chi connectivity index (χ1) is 13.9. The van der Waals surface area contributed by atoms with E-state index in [-0.39, 0.29) is 16.9 Å². The molecule has 4 heteroatoms. The molecule has 144 valence electrons. The van der Waals surface area contributed by atoms with E-state index in [2.05, 4.69) is 0 Å². The molecule has 0 spiro atoms. The van der Waals surface area contributed by atoms with E-state index < -0.39 is 5.97 Å². The number of ether oxygens (including phenoxy) is 1. The summed E-state index contributed by atoms with van der Waals surface area (Å²) in [7, 11) is 0. The summed E-state index contributed by atoms with van der Waals surface area (Å²) in [5.74, 6) is -0.453. The Labute approximate surface area is 168 Å². The number of aryl methyl sites for hydroxylation is 3. The quantitative estimate of drug-likeness (QED) is 0.431. The van der Waals surface area contributed by atoms with Crippen molar-refractivity contribution in [3.63, 3.8) is 0 Å². The van der Waals surface area contributed by atoms with Crippen molar-refractivity contribution >= 4 is 16.9 Å². The first kappa shape index (κ1) is 18.7. The van der Waals surface area contributed by atoms with Gasteiger partial charge in [0, 0.05) is 5.56 Å². The summed E-state index contributed by atoms with van der Waals surface area (Å²) in [5, 5.41) is 0.382. The fourth-order valence-corrected chi connectivity index (χ4v) is 3.18. The second-order valence-corrected chi connectivity index (χ2v) is 7.14. The number of rotatable bonds is 3. The second-order valence-electron chi connectivity index (χ2n) is 7.14. The smallest absolute Gasteiger partial charge is 0.343 e. The number of carbonyl (C=O) groups is 1. The normalized spacial score (nSPS) is 10.9. The van der Waals surface area contributed by atoms with E-state index in [1.807, 2.05) is 63.2 Å². The van der Waals surface area contributed by atoms with E-state index in [1.54, 1.807) is 24.3 Å². The number of carbonyl (C=O) groups excluding carboxylic acids is 1. The maximum Gasteiger partial charge on any atom is 0.343 e. The zero-order valence-corrected chi connectivity index (χ0v) is 16.5. The summed E-state index contributed by atoms with van der Waals surface area (Å²) in [6.45, 7) is 5.79. The van der Waals surface area contributed by atoms with Gasteiger partial charge in [0.05, 0.1) is 10.9 Å². The van der Waals surface area contributed by atoms with Crippen LogP contribution in [0.1, 0.15) is 27.0 Å². The lowest BCUT2D eigenvalue weighted by Gasteiger charge is -2.11. The molecule has 0 aliphatic rings. The predicted molar refractivity (Wildman–Crippen MR) is 114 cm³/mol. The summed E-state index contributed by atoms with van der Waals surface area (Å²) in [4.78, 5) is 26.0. The van der Waals surface area contributed by atoms with Crippen LogP contribution in [0.4, 0.5) is 0 Å². The Morgan fingerprint density at radius 3 is 2.34 bits per heavy atom. The Balaban J connectivity index is 1.89. The van der Waals surface area contributed by atoms with E-state index in [9.17, 15) is 9.59 Å². The van der Waals surface area contributed by atoms with Gasteiger partial charge in [-0.3, -0.25) is 4.79 Å². The van der Waals surface area contributed by atoms with Crippen LogP contribution in [0.5, 0.6) is 5.75 Å². The second kappa shape index (κ2) is 7.40. The lowest BCUT2D eigenvalue weighted by molar-refractivity contribution is 0.0731. The van der Waals surface area contributed by atoms with E-state index in [1.165, 1.54) is 0 Å². The van der Waals surface area contributed by atoms with Crippen LogP contribution in [0.3, 0.4) is 0 Å². The molecule has 1 aromatic heterocycles. The molecule has 0 aliphatic carbocycles. The molecule has 0 fully saturated rings. The lowest BCUT2D eigenvalue weighted by Crippen LogP contribution is -2.16. The molecule has 4 nitrogen and oxygen atoms in total. The van der Waals surface area contributed by atoms with Crippen molar-refractivity contribution in [3.05, 3.63) is 99.2 Å². The number of hydrogen-bond acceptors (Lipinski definition) is 4. The van der Waals surface area contributed by atoms with Gasteiger partial charge in [-0.1, -0.05) is 48.0 Å². The molecule has 0 N–H and O–H groups in total. The van der Waals surface area contributed by atoms with Gasteiger partial charge in [0.2, 0.25) is 11.2 Å². The minimum atomic E-state index is -0.593. The third-order valence-electron chi connectivity index (χ3n) is 4.98. The Kier molecular flexibility index (Phi) is 4.77. The minimum Gasteiger partial charge on any atom is -0.452 e. The SMILES string of the molecule is Cc1ccc2oc(-c3ccccc3)c(OC(=O)c3ccc(C)c(C)c3)c(=O)c2c1. The van der Waals surface area contributed by atoms with Crippen LogP contribution in [-0.4, -0.2) is 5.97 Å². The van der Waals surface area contributed by atoms with Crippen LogP contribution in [0.2, 0.25) is 0 Å². The van der Waals surface area contributed by atoms with Crippen LogP contribution in [0.25, 0.3) is 22.3 Å². The molecule has 29 heavy (non-hydrogen) atoms. The van der Waals surface area contributed by atoms with E-state index >= 15 is 0 Å². The first-order valence-corrected chi connectivity index (χ1v) is 9.36. The number of fused-ring (bicyclic) bond motifs is 1. The summed E-state index contributed by atoms with van der Waals surface area (Å²) < 4.78 is 11.6. The highest BCUT2D eigenvalue weighted by molar-refractivity contribution is 5.93. The summed E-state index contributed by atoms with van der Waals surface area (Å²) >= 11 is 0. The monoisotopic (exact) mass is 384 g/mol. The van der Waals surface area contributed by atoms with Gasteiger partial charge >= 0.3 is 5.97 Å². The van der Waals surface area contributed by atoms with Crippen LogP contribution >= 0.6 is 0 Å². The summed E-state index contributed by atoms with van der Waals surface area (Å²) in [6.07, 6.45) is 0. The number of benzene rings is 3. The van der Waals surface area contributed by atoms with Crippen molar-refractivity contribution in [1.29, 1.82) is 0 Å². The molecule has 0 atom stereocenters. The molecule has 0 aliphatic heterocycles. The Hall–Kier alpha value is -3.66. The van der Waals surface area contributed by atoms with Gasteiger partial charge in [0.15, 0.2) is 5.76 Å². The van der Waals surface area contributed by atoms with Crippen molar-refractivity contribution in [2.24, 2.45) is 0 Å².